The average Bonchev–Trinajstić information content (AvgIpc) is 3.07. The summed E-state index contributed by atoms with van der Waals surface area (Å²) in [5.74, 6) is 0.314. The van der Waals surface area contributed by atoms with E-state index >= 15 is 0 Å². The van der Waals surface area contributed by atoms with E-state index in [0.29, 0.717) is 17.5 Å². The quantitative estimate of drug-likeness (QED) is 0.514. The van der Waals surface area contributed by atoms with E-state index in [2.05, 4.69) is 10.3 Å². The molecule has 192 valence electrons. The zero-order chi connectivity index (χ0) is 24.4. The molecule has 0 saturated carbocycles. The number of carbonyl (C=O) groups is 1. The Hall–Kier alpha value is -2.23. The lowest BCUT2D eigenvalue weighted by molar-refractivity contribution is -0.134. The number of piperidine rings is 1. The van der Waals surface area contributed by atoms with Gasteiger partial charge in [0.05, 0.1) is 10.9 Å². The molecule has 3 aromatic rings. The molecule has 1 N–H and O–H groups in total. The van der Waals surface area contributed by atoms with Crippen LogP contribution in [0.25, 0.3) is 10.8 Å². The third-order valence-corrected chi connectivity index (χ3v) is 9.24. The number of hydrogen-bond donors (Lipinski definition) is 1. The summed E-state index contributed by atoms with van der Waals surface area (Å²) in [6, 6.07) is 14.3. The number of carbonyl (C=O) groups excluding carboxylic acids is 1. The molecule has 2 fully saturated rings. The van der Waals surface area contributed by atoms with Crippen molar-refractivity contribution in [2.45, 2.75) is 30.2 Å². The molecule has 2 aromatic carbocycles. The van der Waals surface area contributed by atoms with Crippen LogP contribution in [0.5, 0.6) is 0 Å². The highest BCUT2D eigenvalue weighted by molar-refractivity contribution is 7.89. The molecular weight excluding hydrogens is 519 g/mol. The average molecular weight is 550 g/mol. The molecule has 0 bridgehead atoms. The van der Waals surface area contributed by atoms with Gasteiger partial charge in [0.1, 0.15) is 0 Å². The zero-order valence-electron chi connectivity index (χ0n) is 19.8. The van der Waals surface area contributed by atoms with Gasteiger partial charge >= 0.3 is 0 Å². The van der Waals surface area contributed by atoms with Crippen LogP contribution in [-0.4, -0.2) is 61.2 Å². The van der Waals surface area contributed by atoms with Gasteiger partial charge < -0.3 is 10.2 Å². The van der Waals surface area contributed by atoms with Crippen molar-refractivity contribution in [1.82, 2.24) is 19.5 Å². The molecule has 0 spiro atoms. The van der Waals surface area contributed by atoms with Crippen molar-refractivity contribution in [1.29, 1.82) is 0 Å². The van der Waals surface area contributed by atoms with Gasteiger partial charge in [-0.3, -0.25) is 9.78 Å². The molecular formula is C26H30Cl2N4O3S. The molecule has 0 radical (unpaired) electrons. The first-order valence-corrected chi connectivity index (χ1v) is 13.8. The summed E-state index contributed by atoms with van der Waals surface area (Å²) in [5, 5.41) is 5.70. The highest BCUT2D eigenvalue weighted by atomic mass is 35.5. The van der Waals surface area contributed by atoms with Crippen LogP contribution in [0, 0.1) is 5.92 Å². The Morgan fingerprint density at radius 2 is 1.64 bits per heavy atom. The molecule has 1 aromatic heterocycles. The van der Waals surface area contributed by atoms with E-state index in [9.17, 15) is 13.2 Å². The maximum Gasteiger partial charge on any atom is 0.243 e. The van der Waals surface area contributed by atoms with Crippen molar-refractivity contribution < 1.29 is 13.2 Å². The topological polar surface area (TPSA) is 82.6 Å². The van der Waals surface area contributed by atoms with Crippen molar-refractivity contribution in [2.75, 3.05) is 32.7 Å². The highest BCUT2D eigenvalue weighted by Gasteiger charge is 2.36. The van der Waals surface area contributed by atoms with Gasteiger partial charge in [0.2, 0.25) is 15.9 Å². The van der Waals surface area contributed by atoms with Gasteiger partial charge in [-0.15, -0.1) is 12.4 Å². The number of nitrogens with zero attached hydrogens (tertiary/aromatic N) is 3. The van der Waals surface area contributed by atoms with Crippen molar-refractivity contribution in [3.8, 4) is 0 Å². The molecule has 7 nitrogen and oxygen atoms in total. The summed E-state index contributed by atoms with van der Waals surface area (Å²) in [7, 11) is -3.75. The van der Waals surface area contributed by atoms with Crippen molar-refractivity contribution in [3.05, 3.63) is 71.5 Å². The standard InChI is InChI=1S/C26H29ClN4O3S.ClH/c27-23-3-1-22-18-24(4-2-21(22)17-23)35(33,34)30-14-9-25(32)31(16-15-30)26(19-5-10-28-11-6-19)20-7-12-29-13-8-20;/h1-6,10-11,17-18,20,26,29H,7-9,12-16H2;1H. The second kappa shape index (κ2) is 11.4. The Morgan fingerprint density at radius 1 is 0.944 bits per heavy atom. The fourth-order valence-corrected chi connectivity index (χ4v) is 6.93. The molecule has 1 unspecified atom stereocenters. The van der Waals surface area contributed by atoms with E-state index in [0.717, 1.165) is 42.3 Å². The molecule has 10 heteroatoms. The van der Waals surface area contributed by atoms with Crippen LogP contribution in [-0.2, 0) is 14.8 Å². The first kappa shape index (κ1) is 26.8. The Bertz CT molecular complexity index is 1320. The minimum atomic E-state index is -3.75. The number of nitrogens with one attached hydrogen (secondary N) is 1. The van der Waals surface area contributed by atoms with Gasteiger partial charge in [0.25, 0.3) is 0 Å². The Labute approximate surface area is 223 Å². The second-order valence-corrected chi connectivity index (χ2v) is 11.6. The Kier molecular flexibility index (Phi) is 8.52. The molecule has 2 aliphatic rings. The monoisotopic (exact) mass is 548 g/mol. The lowest BCUT2D eigenvalue weighted by Gasteiger charge is -2.39. The van der Waals surface area contributed by atoms with Crippen molar-refractivity contribution in [2.24, 2.45) is 5.92 Å². The van der Waals surface area contributed by atoms with E-state index in [1.165, 1.54) is 4.31 Å². The molecule has 1 atom stereocenters. The van der Waals surface area contributed by atoms with Crippen LogP contribution in [0.2, 0.25) is 5.02 Å². The normalized spacial score (nSPS) is 19.0. The summed E-state index contributed by atoms with van der Waals surface area (Å²) >= 11 is 6.07. The van der Waals surface area contributed by atoms with Crippen LogP contribution >= 0.6 is 24.0 Å². The summed E-state index contributed by atoms with van der Waals surface area (Å²) in [6.45, 7) is 2.63. The van der Waals surface area contributed by atoms with Gasteiger partial charge in [-0.05, 0) is 84.6 Å². The smallest absolute Gasteiger partial charge is 0.243 e. The zero-order valence-corrected chi connectivity index (χ0v) is 22.2. The number of benzene rings is 2. The van der Waals surface area contributed by atoms with Crippen LogP contribution in [0.3, 0.4) is 0 Å². The van der Waals surface area contributed by atoms with Gasteiger partial charge in [-0.25, -0.2) is 8.42 Å². The van der Waals surface area contributed by atoms with Crippen molar-refractivity contribution in [3.63, 3.8) is 0 Å². The fourth-order valence-electron chi connectivity index (χ4n) is 5.29. The summed E-state index contributed by atoms with van der Waals surface area (Å²) in [5.41, 5.74) is 1.06. The highest BCUT2D eigenvalue weighted by Crippen LogP contribution is 2.35. The van der Waals surface area contributed by atoms with Gasteiger partial charge in [0, 0.05) is 43.5 Å². The fraction of sp³-hybridized carbons (Fsp3) is 0.385. The van der Waals surface area contributed by atoms with E-state index in [1.807, 2.05) is 29.2 Å². The predicted molar refractivity (Wildman–Crippen MR) is 144 cm³/mol. The molecule has 36 heavy (non-hydrogen) atoms. The molecule has 5 rings (SSSR count). The maximum absolute atomic E-state index is 13.6. The number of amides is 1. The SMILES string of the molecule is Cl.O=C1CCN(S(=O)(=O)c2ccc3cc(Cl)ccc3c2)CCN1C(c1ccncc1)C1CCNCC1. The first-order valence-electron chi connectivity index (χ1n) is 12.0. The minimum absolute atomic E-state index is 0. The number of sulfonamides is 1. The van der Waals surface area contributed by atoms with E-state index < -0.39 is 10.0 Å². The number of hydrogen-bond acceptors (Lipinski definition) is 5. The molecule has 1 amide bonds. The van der Waals surface area contributed by atoms with Gasteiger partial charge in [0.15, 0.2) is 0 Å². The molecule has 2 saturated heterocycles. The second-order valence-electron chi connectivity index (χ2n) is 9.21. The predicted octanol–water partition coefficient (Wildman–Crippen LogP) is 4.27. The summed E-state index contributed by atoms with van der Waals surface area (Å²) in [6.07, 6.45) is 5.62. The Morgan fingerprint density at radius 3 is 2.39 bits per heavy atom. The van der Waals surface area contributed by atoms with Crippen LogP contribution in [0.15, 0.2) is 65.8 Å². The maximum atomic E-state index is 13.6. The van der Waals surface area contributed by atoms with Gasteiger partial charge in [-0.2, -0.15) is 4.31 Å². The number of rotatable bonds is 5. The summed E-state index contributed by atoms with van der Waals surface area (Å²) in [4.78, 5) is 19.6. The largest absolute Gasteiger partial charge is 0.334 e. The lowest BCUT2D eigenvalue weighted by Crippen LogP contribution is -2.43. The minimum Gasteiger partial charge on any atom is -0.334 e. The molecule has 0 aliphatic carbocycles. The first-order chi connectivity index (χ1) is 16.9. The number of pyridine rings is 1. The third-order valence-electron chi connectivity index (χ3n) is 7.11. The van der Waals surface area contributed by atoms with Crippen molar-refractivity contribution >= 4 is 50.7 Å². The van der Waals surface area contributed by atoms with Crippen LogP contribution in [0.1, 0.15) is 30.9 Å². The molecule has 2 aliphatic heterocycles. The van der Waals surface area contributed by atoms with Crippen LogP contribution < -0.4 is 5.32 Å². The lowest BCUT2D eigenvalue weighted by atomic mass is 9.85. The molecule has 3 heterocycles. The van der Waals surface area contributed by atoms with E-state index in [-0.39, 0.29) is 48.8 Å². The Balaban J connectivity index is 0.00000304. The number of halogens is 2. The van der Waals surface area contributed by atoms with Crippen LogP contribution in [0.4, 0.5) is 0 Å². The van der Waals surface area contributed by atoms with E-state index in [1.54, 1.807) is 36.7 Å². The number of fused-ring (bicyclic) bond motifs is 1. The summed E-state index contributed by atoms with van der Waals surface area (Å²) < 4.78 is 28.6. The third kappa shape index (κ3) is 5.53. The van der Waals surface area contributed by atoms with Gasteiger partial charge in [-0.1, -0.05) is 23.7 Å². The number of aromatic nitrogens is 1. The van der Waals surface area contributed by atoms with E-state index in [4.69, 9.17) is 11.6 Å².